The number of nitrogens with one attached hydrogen (secondary N) is 1. The highest BCUT2D eigenvalue weighted by Crippen LogP contribution is 2.26. The van der Waals surface area contributed by atoms with Gasteiger partial charge < -0.3 is 14.7 Å². The molecule has 3 rings (SSSR count). The molecule has 0 aromatic carbocycles. The smallest absolute Gasteiger partial charge is 0.421 e. The Morgan fingerprint density at radius 3 is 2.56 bits per heavy atom. The average Bonchev–Trinajstić information content (AvgIpc) is 3.26. The molecule has 0 radical (unpaired) electrons. The van der Waals surface area contributed by atoms with Gasteiger partial charge in [-0.2, -0.15) is 13.2 Å². The summed E-state index contributed by atoms with van der Waals surface area (Å²) >= 11 is 0. The fraction of sp³-hybridized carbons (Fsp3) is 0.333. The number of rotatable bonds is 8. The minimum atomic E-state index is -4.91. The number of pyridine rings is 1. The number of hydrogen-bond donors (Lipinski definition) is 2. The van der Waals surface area contributed by atoms with Crippen LogP contribution in [0.4, 0.5) is 24.7 Å². The number of nitrogens with zero attached hydrogens (tertiary/aromatic N) is 3. The predicted octanol–water partition coefficient (Wildman–Crippen LogP) is 1.93. The first kappa shape index (κ1) is 24.6. The standard InChI is InChI=1S/C21H22F3N5O5/c1-2-3-9-28-17(25)16(18(31)26-20(28)33)29(11-13-6-5-10-34-13)15(30)12-27-8-4-7-14(19(27)32)21(22,23)24/h4-8,10H,2-3,9,11-12,25H2,1H3,(H,26,31,33). The Bertz CT molecular complexity index is 1340. The zero-order valence-corrected chi connectivity index (χ0v) is 18.1. The first-order valence-corrected chi connectivity index (χ1v) is 10.3. The second kappa shape index (κ2) is 9.85. The zero-order valence-electron chi connectivity index (χ0n) is 18.1. The van der Waals surface area contributed by atoms with Gasteiger partial charge in [0.05, 0.1) is 12.8 Å². The quantitative estimate of drug-likeness (QED) is 0.505. The van der Waals surface area contributed by atoms with Gasteiger partial charge in [0.1, 0.15) is 23.7 Å². The van der Waals surface area contributed by atoms with Crippen LogP contribution in [0.2, 0.25) is 0 Å². The maximum Gasteiger partial charge on any atom is 0.421 e. The van der Waals surface area contributed by atoms with Crippen molar-refractivity contribution in [3.8, 4) is 0 Å². The molecular formula is C21H22F3N5O5. The summed E-state index contributed by atoms with van der Waals surface area (Å²) in [6, 6.07) is 4.63. The van der Waals surface area contributed by atoms with Gasteiger partial charge >= 0.3 is 11.9 Å². The van der Waals surface area contributed by atoms with E-state index in [0.29, 0.717) is 23.5 Å². The molecule has 34 heavy (non-hydrogen) atoms. The third-order valence-electron chi connectivity index (χ3n) is 5.05. The lowest BCUT2D eigenvalue weighted by molar-refractivity contribution is -0.139. The van der Waals surface area contributed by atoms with Gasteiger partial charge in [-0.25, -0.2) is 4.79 Å². The van der Waals surface area contributed by atoms with Gasteiger partial charge in [-0.05, 0) is 30.7 Å². The molecule has 3 N–H and O–H groups in total. The van der Waals surface area contributed by atoms with Crippen molar-refractivity contribution in [2.45, 2.75) is 45.6 Å². The summed E-state index contributed by atoms with van der Waals surface area (Å²) in [5.41, 5.74) is 1.13. The monoisotopic (exact) mass is 481 g/mol. The summed E-state index contributed by atoms with van der Waals surface area (Å²) in [5.74, 6) is -0.982. The van der Waals surface area contributed by atoms with Crippen molar-refractivity contribution >= 4 is 17.4 Å². The lowest BCUT2D eigenvalue weighted by Gasteiger charge is -2.24. The molecular weight excluding hydrogens is 459 g/mol. The molecule has 0 fully saturated rings. The molecule has 0 bridgehead atoms. The summed E-state index contributed by atoms with van der Waals surface area (Å²) in [6.07, 6.45) is -1.29. The first-order valence-electron chi connectivity index (χ1n) is 10.3. The maximum atomic E-state index is 13.2. The number of nitrogen functional groups attached to an aromatic ring is 1. The van der Waals surface area contributed by atoms with Gasteiger partial charge in [-0.1, -0.05) is 13.3 Å². The van der Waals surface area contributed by atoms with Gasteiger partial charge in [-0.15, -0.1) is 0 Å². The van der Waals surface area contributed by atoms with E-state index in [-0.39, 0.29) is 30.4 Å². The molecule has 0 unspecified atom stereocenters. The number of carbonyl (C=O) groups excluding carboxylic acids is 1. The van der Waals surface area contributed by atoms with Crippen LogP contribution in [0.3, 0.4) is 0 Å². The van der Waals surface area contributed by atoms with Crippen LogP contribution < -0.4 is 27.4 Å². The van der Waals surface area contributed by atoms with Crippen molar-refractivity contribution in [2.75, 3.05) is 10.6 Å². The number of anilines is 2. The molecule has 0 spiro atoms. The van der Waals surface area contributed by atoms with E-state index in [4.69, 9.17) is 10.2 Å². The number of hydrogen-bond acceptors (Lipinski definition) is 6. The summed E-state index contributed by atoms with van der Waals surface area (Å²) in [6.45, 7) is 0.906. The van der Waals surface area contributed by atoms with Crippen LogP contribution in [0.1, 0.15) is 31.1 Å². The Kier molecular flexibility index (Phi) is 7.13. The maximum absolute atomic E-state index is 13.2. The zero-order chi connectivity index (χ0) is 25.0. The normalized spacial score (nSPS) is 11.5. The van der Waals surface area contributed by atoms with Crippen molar-refractivity contribution in [2.24, 2.45) is 0 Å². The van der Waals surface area contributed by atoms with Gasteiger partial charge in [0.15, 0.2) is 5.69 Å². The Labute approximate surface area is 190 Å². The molecule has 3 heterocycles. The summed E-state index contributed by atoms with van der Waals surface area (Å²) < 4.78 is 46.3. The van der Waals surface area contributed by atoms with Crippen molar-refractivity contribution in [3.63, 3.8) is 0 Å². The number of aromatic nitrogens is 3. The highest BCUT2D eigenvalue weighted by Gasteiger charge is 2.34. The molecule has 10 nitrogen and oxygen atoms in total. The number of unbranched alkanes of at least 4 members (excludes halogenated alkanes) is 1. The Balaban J connectivity index is 2.09. The number of carbonyl (C=O) groups is 1. The SMILES string of the molecule is CCCCn1c(N)c(N(Cc2ccco2)C(=O)Cn2cccc(C(F)(F)F)c2=O)c(=O)[nH]c1=O. The van der Waals surface area contributed by atoms with E-state index < -0.39 is 41.0 Å². The summed E-state index contributed by atoms with van der Waals surface area (Å²) in [4.78, 5) is 53.4. The highest BCUT2D eigenvalue weighted by molar-refractivity contribution is 5.95. The Hall–Kier alpha value is -4.03. The molecule has 0 aliphatic rings. The molecule has 0 saturated heterocycles. The van der Waals surface area contributed by atoms with Crippen LogP contribution in [0.25, 0.3) is 0 Å². The Morgan fingerprint density at radius 2 is 1.94 bits per heavy atom. The molecule has 0 saturated carbocycles. The third-order valence-corrected chi connectivity index (χ3v) is 5.05. The highest BCUT2D eigenvalue weighted by atomic mass is 19.4. The molecule has 0 atom stereocenters. The predicted molar refractivity (Wildman–Crippen MR) is 116 cm³/mol. The molecule has 3 aromatic rings. The average molecular weight is 481 g/mol. The fourth-order valence-corrected chi connectivity index (χ4v) is 3.33. The number of H-pyrrole nitrogens is 1. The topological polar surface area (TPSA) is 136 Å². The third kappa shape index (κ3) is 5.13. The summed E-state index contributed by atoms with van der Waals surface area (Å²) in [7, 11) is 0. The van der Waals surface area contributed by atoms with Crippen molar-refractivity contribution < 1.29 is 22.4 Å². The van der Waals surface area contributed by atoms with Crippen LogP contribution in [0.15, 0.2) is 55.5 Å². The van der Waals surface area contributed by atoms with Crippen LogP contribution in [-0.4, -0.2) is 20.0 Å². The van der Waals surface area contributed by atoms with Crippen LogP contribution in [0.5, 0.6) is 0 Å². The summed E-state index contributed by atoms with van der Waals surface area (Å²) in [5, 5.41) is 0. The molecule has 0 aliphatic carbocycles. The van der Waals surface area contributed by atoms with E-state index in [1.54, 1.807) is 0 Å². The van der Waals surface area contributed by atoms with Crippen LogP contribution in [0, 0.1) is 0 Å². The number of halogens is 3. The van der Waals surface area contributed by atoms with Gasteiger partial charge in [0.25, 0.3) is 11.1 Å². The number of amides is 1. The molecule has 182 valence electrons. The van der Waals surface area contributed by atoms with E-state index >= 15 is 0 Å². The molecule has 0 aliphatic heterocycles. The second-order valence-electron chi connectivity index (χ2n) is 7.41. The van der Waals surface area contributed by atoms with Gasteiger partial charge in [0.2, 0.25) is 5.91 Å². The van der Waals surface area contributed by atoms with Gasteiger partial charge in [0, 0.05) is 12.7 Å². The van der Waals surface area contributed by atoms with Crippen LogP contribution >= 0.6 is 0 Å². The number of alkyl halides is 3. The number of nitrogens with two attached hydrogens (primary N) is 1. The van der Waals surface area contributed by atoms with Gasteiger partial charge in [-0.3, -0.25) is 28.8 Å². The van der Waals surface area contributed by atoms with E-state index in [9.17, 15) is 32.3 Å². The van der Waals surface area contributed by atoms with Crippen molar-refractivity contribution in [3.05, 3.63) is 79.2 Å². The Morgan fingerprint density at radius 1 is 1.21 bits per heavy atom. The molecule has 13 heteroatoms. The lowest BCUT2D eigenvalue weighted by Crippen LogP contribution is -2.43. The number of aromatic amines is 1. The minimum absolute atomic E-state index is 0.167. The van der Waals surface area contributed by atoms with E-state index in [0.717, 1.165) is 21.7 Å². The van der Waals surface area contributed by atoms with E-state index in [1.807, 2.05) is 6.92 Å². The van der Waals surface area contributed by atoms with Crippen molar-refractivity contribution in [1.82, 2.24) is 14.1 Å². The van der Waals surface area contributed by atoms with E-state index in [1.165, 1.54) is 18.4 Å². The van der Waals surface area contributed by atoms with Crippen molar-refractivity contribution in [1.29, 1.82) is 0 Å². The largest absolute Gasteiger partial charge is 0.467 e. The molecule has 3 aromatic heterocycles. The molecule has 1 amide bonds. The first-order chi connectivity index (χ1) is 16.0. The second-order valence-corrected chi connectivity index (χ2v) is 7.41. The van der Waals surface area contributed by atoms with Crippen LogP contribution in [-0.2, 0) is 30.6 Å². The fourth-order valence-electron chi connectivity index (χ4n) is 3.33. The minimum Gasteiger partial charge on any atom is -0.467 e. The number of furan rings is 1. The van der Waals surface area contributed by atoms with E-state index in [2.05, 4.69) is 4.98 Å². The lowest BCUT2D eigenvalue weighted by atomic mass is 10.2.